The molecule has 2 heterocycles. The highest BCUT2D eigenvalue weighted by atomic mass is 16.3. The lowest BCUT2D eigenvalue weighted by Gasteiger charge is -2.12. The van der Waals surface area contributed by atoms with Gasteiger partial charge in [0, 0.05) is 21.5 Å². The Bertz CT molecular complexity index is 2780. The molecule has 0 fully saturated rings. The van der Waals surface area contributed by atoms with Gasteiger partial charge in [0.05, 0.1) is 0 Å². The van der Waals surface area contributed by atoms with E-state index in [1.54, 1.807) is 0 Å². The van der Waals surface area contributed by atoms with Gasteiger partial charge < -0.3 is 8.83 Å². The van der Waals surface area contributed by atoms with Crippen molar-refractivity contribution in [3.05, 3.63) is 182 Å². The Morgan fingerprint density at radius 3 is 1.30 bits per heavy atom. The number of hydrogen-bond donors (Lipinski definition) is 0. The molecule has 0 atom stereocenters. The molecule has 0 saturated heterocycles. The van der Waals surface area contributed by atoms with Gasteiger partial charge in [-0.3, -0.25) is 0 Å². The molecule has 10 aromatic rings. The van der Waals surface area contributed by atoms with Crippen molar-refractivity contribution >= 4 is 43.9 Å². The first kappa shape index (κ1) is 28.4. The summed E-state index contributed by atoms with van der Waals surface area (Å²) >= 11 is 0. The summed E-state index contributed by atoms with van der Waals surface area (Å²) in [6, 6.07) is 64.6. The predicted molar refractivity (Wildman–Crippen MR) is 208 cm³/mol. The second-order valence-electron chi connectivity index (χ2n) is 12.9. The van der Waals surface area contributed by atoms with Crippen LogP contribution in [0.3, 0.4) is 0 Å². The van der Waals surface area contributed by atoms with Crippen molar-refractivity contribution in [1.82, 2.24) is 0 Å². The topological polar surface area (TPSA) is 26.3 Å². The van der Waals surface area contributed by atoms with Gasteiger partial charge >= 0.3 is 0 Å². The third-order valence-corrected chi connectivity index (χ3v) is 9.87. The van der Waals surface area contributed by atoms with Crippen molar-refractivity contribution in [3.8, 4) is 55.6 Å². The van der Waals surface area contributed by atoms with Gasteiger partial charge in [0.2, 0.25) is 0 Å². The molecule has 0 aliphatic rings. The van der Waals surface area contributed by atoms with Gasteiger partial charge in [0.1, 0.15) is 22.3 Å². The Morgan fingerprint density at radius 2 is 0.680 bits per heavy atom. The molecule has 0 spiro atoms. The molecule has 0 saturated carbocycles. The van der Waals surface area contributed by atoms with Crippen LogP contribution in [-0.2, 0) is 0 Å². The van der Waals surface area contributed by atoms with Crippen LogP contribution in [0.15, 0.2) is 191 Å². The van der Waals surface area contributed by atoms with Crippen LogP contribution in [-0.4, -0.2) is 0 Å². The SMILES string of the molecule is c1ccc(-c2cc(-c3ccccc3)cc(-c3ccc(-c4cc(-c5ccc6oc7ccccc7c6c5)c5c(c4)oc4ccccc45)cc3)c2)cc1. The summed E-state index contributed by atoms with van der Waals surface area (Å²) in [4.78, 5) is 0. The lowest BCUT2D eigenvalue weighted by molar-refractivity contribution is 0.669. The van der Waals surface area contributed by atoms with Crippen molar-refractivity contribution in [2.24, 2.45) is 0 Å². The second kappa shape index (κ2) is 11.5. The summed E-state index contributed by atoms with van der Waals surface area (Å²) in [5.74, 6) is 0. The minimum absolute atomic E-state index is 0.878. The maximum absolute atomic E-state index is 6.50. The zero-order valence-electron chi connectivity index (χ0n) is 27.1. The molecule has 0 N–H and O–H groups in total. The van der Waals surface area contributed by atoms with Gasteiger partial charge in [-0.05, 0) is 110 Å². The molecular formula is C48H30O2. The summed E-state index contributed by atoms with van der Waals surface area (Å²) in [5.41, 5.74) is 15.2. The van der Waals surface area contributed by atoms with Gasteiger partial charge in [-0.15, -0.1) is 0 Å². The molecule has 8 aromatic carbocycles. The largest absolute Gasteiger partial charge is 0.456 e. The third kappa shape index (κ3) is 4.81. The monoisotopic (exact) mass is 638 g/mol. The van der Waals surface area contributed by atoms with Crippen LogP contribution >= 0.6 is 0 Å². The fourth-order valence-corrected chi connectivity index (χ4v) is 7.39. The fraction of sp³-hybridized carbons (Fsp3) is 0. The highest BCUT2D eigenvalue weighted by Crippen LogP contribution is 2.42. The third-order valence-electron chi connectivity index (χ3n) is 9.87. The second-order valence-corrected chi connectivity index (χ2v) is 12.9. The van der Waals surface area contributed by atoms with Gasteiger partial charge in [0.15, 0.2) is 0 Å². The Balaban J connectivity index is 1.11. The van der Waals surface area contributed by atoms with E-state index in [-0.39, 0.29) is 0 Å². The van der Waals surface area contributed by atoms with E-state index in [0.29, 0.717) is 0 Å². The van der Waals surface area contributed by atoms with Crippen molar-refractivity contribution in [2.75, 3.05) is 0 Å². The lowest BCUT2D eigenvalue weighted by atomic mass is 9.91. The van der Waals surface area contributed by atoms with Crippen molar-refractivity contribution in [1.29, 1.82) is 0 Å². The number of furan rings is 2. The summed E-state index contributed by atoms with van der Waals surface area (Å²) in [7, 11) is 0. The highest BCUT2D eigenvalue weighted by molar-refractivity contribution is 6.15. The molecule has 0 aliphatic carbocycles. The first-order valence-corrected chi connectivity index (χ1v) is 17.0. The van der Waals surface area contributed by atoms with E-state index < -0.39 is 0 Å². The van der Waals surface area contributed by atoms with Gasteiger partial charge in [-0.25, -0.2) is 0 Å². The van der Waals surface area contributed by atoms with Crippen LogP contribution in [0.1, 0.15) is 0 Å². The smallest absolute Gasteiger partial charge is 0.136 e. The average Bonchev–Trinajstić information content (AvgIpc) is 3.76. The van der Waals surface area contributed by atoms with Crippen LogP contribution in [0.4, 0.5) is 0 Å². The van der Waals surface area contributed by atoms with Crippen LogP contribution in [0.2, 0.25) is 0 Å². The first-order chi connectivity index (χ1) is 24.7. The summed E-state index contributed by atoms with van der Waals surface area (Å²) in [6.45, 7) is 0. The van der Waals surface area contributed by atoms with Crippen molar-refractivity contribution < 1.29 is 8.83 Å². The number of rotatable bonds is 5. The van der Waals surface area contributed by atoms with Crippen LogP contribution < -0.4 is 0 Å². The number of fused-ring (bicyclic) bond motifs is 6. The van der Waals surface area contributed by atoms with E-state index >= 15 is 0 Å². The van der Waals surface area contributed by atoms with E-state index in [0.717, 1.165) is 66.1 Å². The normalized spacial score (nSPS) is 11.6. The molecule has 234 valence electrons. The number of hydrogen-bond acceptors (Lipinski definition) is 2. The lowest BCUT2D eigenvalue weighted by Crippen LogP contribution is -1.87. The summed E-state index contributed by atoms with van der Waals surface area (Å²) < 4.78 is 12.7. The molecule has 10 rings (SSSR count). The Hall–Kier alpha value is -6.64. The fourth-order valence-electron chi connectivity index (χ4n) is 7.39. The molecule has 2 nitrogen and oxygen atoms in total. The Kier molecular flexibility index (Phi) is 6.53. The van der Waals surface area contributed by atoms with E-state index in [2.05, 4.69) is 158 Å². The first-order valence-electron chi connectivity index (χ1n) is 17.0. The quantitative estimate of drug-likeness (QED) is 0.187. The maximum atomic E-state index is 6.50. The molecule has 0 radical (unpaired) electrons. The summed E-state index contributed by atoms with van der Waals surface area (Å²) in [5, 5.41) is 4.47. The minimum Gasteiger partial charge on any atom is -0.456 e. The molecule has 0 aliphatic heterocycles. The number of para-hydroxylation sites is 2. The zero-order chi connectivity index (χ0) is 33.0. The molecular weight excluding hydrogens is 609 g/mol. The Morgan fingerprint density at radius 1 is 0.240 bits per heavy atom. The van der Waals surface area contributed by atoms with Crippen molar-refractivity contribution in [2.45, 2.75) is 0 Å². The zero-order valence-corrected chi connectivity index (χ0v) is 27.1. The van der Waals surface area contributed by atoms with Gasteiger partial charge in [-0.1, -0.05) is 127 Å². The number of benzene rings is 8. The minimum atomic E-state index is 0.878. The highest BCUT2D eigenvalue weighted by Gasteiger charge is 2.17. The molecule has 2 aromatic heterocycles. The Labute approximate surface area is 289 Å². The van der Waals surface area contributed by atoms with E-state index in [1.807, 2.05) is 24.3 Å². The van der Waals surface area contributed by atoms with Gasteiger partial charge in [-0.2, -0.15) is 0 Å². The predicted octanol–water partition coefficient (Wildman–Crippen LogP) is 13.8. The maximum Gasteiger partial charge on any atom is 0.136 e. The van der Waals surface area contributed by atoms with E-state index in [1.165, 1.54) is 33.4 Å². The van der Waals surface area contributed by atoms with E-state index in [4.69, 9.17) is 8.83 Å². The molecule has 0 amide bonds. The van der Waals surface area contributed by atoms with Crippen molar-refractivity contribution in [3.63, 3.8) is 0 Å². The van der Waals surface area contributed by atoms with Crippen LogP contribution in [0.25, 0.3) is 99.5 Å². The van der Waals surface area contributed by atoms with Crippen LogP contribution in [0.5, 0.6) is 0 Å². The summed E-state index contributed by atoms with van der Waals surface area (Å²) in [6.07, 6.45) is 0. The standard InChI is InChI=1S/C48H30O2/c1-3-11-31(12-4-1)36-25-37(32-13-5-2-6-14-32)27-38(26-36)33-19-21-34(22-20-33)39-29-42(48-41-16-8-10-18-45(41)50-47(48)30-39)35-23-24-46-43(28-35)40-15-7-9-17-44(40)49-46/h1-30H. The van der Waals surface area contributed by atoms with E-state index in [9.17, 15) is 0 Å². The van der Waals surface area contributed by atoms with Gasteiger partial charge in [0.25, 0.3) is 0 Å². The molecule has 50 heavy (non-hydrogen) atoms. The molecule has 0 bridgehead atoms. The average molecular weight is 639 g/mol. The van der Waals surface area contributed by atoms with Crippen LogP contribution in [0, 0.1) is 0 Å². The molecule has 2 heteroatoms. The molecule has 0 unspecified atom stereocenters.